The Kier molecular flexibility index (Phi) is 2.82. The van der Waals surface area contributed by atoms with Crippen molar-refractivity contribution in [1.82, 2.24) is 0 Å². The summed E-state index contributed by atoms with van der Waals surface area (Å²) in [5.41, 5.74) is 2.27. The number of hydrogen-bond acceptors (Lipinski definition) is 3. The molecule has 15 heavy (non-hydrogen) atoms. The van der Waals surface area contributed by atoms with Gasteiger partial charge in [-0.2, -0.15) is 0 Å². The van der Waals surface area contributed by atoms with E-state index in [-0.39, 0.29) is 18.8 Å². The van der Waals surface area contributed by atoms with Crippen LogP contribution in [0.1, 0.15) is 18.9 Å². The highest BCUT2D eigenvalue weighted by molar-refractivity contribution is 5.60. The summed E-state index contributed by atoms with van der Waals surface area (Å²) in [5.74, 6) is 0.886. The van der Waals surface area contributed by atoms with Crippen molar-refractivity contribution in [2.75, 3.05) is 11.9 Å². The zero-order valence-electron chi connectivity index (χ0n) is 9.16. The quantitative estimate of drug-likeness (QED) is 0.778. The first-order chi connectivity index (χ1) is 7.20. The fraction of sp³-hybridized carbons (Fsp3) is 0.500. The average Bonchev–Trinajstić information content (AvgIpc) is 2.20. The second kappa shape index (κ2) is 4.11. The molecule has 1 aromatic carbocycles. The van der Waals surface area contributed by atoms with Gasteiger partial charge < -0.3 is 15.2 Å². The van der Waals surface area contributed by atoms with E-state index in [4.69, 9.17) is 9.84 Å². The minimum atomic E-state index is 0.0604. The molecule has 1 aliphatic rings. The molecule has 2 rings (SSSR count). The minimum Gasteiger partial charge on any atom is -0.486 e. The van der Waals surface area contributed by atoms with Crippen molar-refractivity contribution >= 4 is 5.69 Å². The van der Waals surface area contributed by atoms with Gasteiger partial charge in [0.15, 0.2) is 0 Å². The van der Waals surface area contributed by atoms with Crippen LogP contribution >= 0.6 is 0 Å². The summed E-state index contributed by atoms with van der Waals surface area (Å²) in [6.07, 6.45) is 0.729. The molecule has 1 aromatic rings. The lowest BCUT2D eigenvalue weighted by Gasteiger charge is -2.33. The molecule has 1 aliphatic heterocycles. The number of nitrogens with one attached hydrogen (secondary N) is 1. The van der Waals surface area contributed by atoms with Gasteiger partial charge in [-0.25, -0.2) is 0 Å². The van der Waals surface area contributed by atoms with Gasteiger partial charge in [-0.05, 0) is 31.5 Å². The summed E-state index contributed by atoms with van der Waals surface area (Å²) in [5, 5.41) is 12.3. The summed E-state index contributed by atoms with van der Waals surface area (Å²) in [6.45, 7) is 4.30. The summed E-state index contributed by atoms with van der Waals surface area (Å²) < 4.78 is 5.82. The Labute approximate surface area is 90.1 Å². The highest BCUT2D eigenvalue weighted by Gasteiger charge is 2.25. The molecule has 0 aromatic heterocycles. The molecule has 3 nitrogen and oxygen atoms in total. The third-order valence-corrected chi connectivity index (χ3v) is 2.77. The van der Waals surface area contributed by atoms with Crippen LogP contribution in [0.25, 0.3) is 0 Å². The Morgan fingerprint density at radius 1 is 1.47 bits per heavy atom. The summed E-state index contributed by atoms with van der Waals surface area (Å²) in [7, 11) is 0. The van der Waals surface area contributed by atoms with Gasteiger partial charge in [0, 0.05) is 13.0 Å². The van der Waals surface area contributed by atoms with Gasteiger partial charge in [0.1, 0.15) is 11.9 Å². The van der Waals surface area contributed by atoms with Crippen molar-refractivity contribution in [2.45, 2.75) is 32.4 Å². The number of benzene rings is 1. The maximum atomic E-state index is 8.92. The lowest BCUT2D eigenvalue weighted by molar-refractivity contribution is 0.134. The van der Waals surface area contributed by atoms with Crippen LogP contribution in [0.15, 0.2) is 18.2 Å². The summed E-state index contributed by atoms with van der Waals surface area (Å²) in [4.78, 5) is 0. The molecule has 1 heterocycles. The molecular formula is C12H17NO2. The predicted octanol–water partition coefficient (Wildman–Crippen LogP) is 1.94. The molecule has 0 bridgehead atoms. The van der Waals surface area contributed by atoms with E-state index in [1.165, 1.54) is 5.56 Å². The van der Waals surface area contributed by atoms with E-state index in [2.05, 4.69) is 25.2 Å². The molecule has 0 aliphatic carbocycles. The predicted molar refractivity (Wildman–Crippen MR) is 60.4 cm³/mol. The Morgan fingerprint density at radius 3 is 3.00 bits per heavy atom. The molecule has 2 atom stereocenters. The molecule has 0 amide bonds. The van der Waals surface area contributed by atoms with Crippen LogP contribution < -0.4 is 10.1 Å². The molecule has 2 N–H and O–H groups in total. The zero-order valence-corrected chi connectivity index (χ0v) is 9.16. The minimum absolute atomic E-state index is 0.0604. The Bertz CT molecular complexity index is 351. The van der Waals surface area contributed by atoms with Crippen molar-refractivity contribution in [3.05, 3.63) is 23.8 Å². The van der Waals surface area contributed by atoms with E-state index in [9.17, 15) is 0 Å². The topological polar surface area (TPSA) is 41.5 Å². The number of hydrogen-bond donors (Lipinski definition) is 2. The molecule has 0 fully saturated rings. The molecule has 2 unspecified atom stereocenters. The molecule has 3 heteroatoms. The second-order valence-electron chi connectivity index (χ2n) is 4.10. The molecule has 0 saturated carbocycles. The van der Waals surface area contributed by atoms with E-state index in [1.807, 2.05) is 12.1 Å². The third-order valence-electron chi connectivity index (χ3n) is 2.77. The van der Waals surface area contributed by atoms with Gasteiger partial charge >= 0.3 is 0 Å². The maximum Gasteiger partial charge on any atom is 0.142 e. The fourth-order valence-corrected chi connectivity index (χ4v) is 1.90. The van der Waals surface area contributed by atoms with Gasteiger partial charge in [0.25, 0.3) is 0 Å². The standard InChI is InChI=1S/C12H17NO2/c1-8-3-4-12-10(7-8)13-9(2)11(15-12)5-6-14/h3-4,7,9,11,13-14H,5-6H2,1-2H3. The molecule has 82 valence electrons. The van der Waals surface area contributed by atoms with Crippen LogP contribution in [-0.4, -0.2) is 23.9 Å². The second-order valence-corrected chi connectivity index (χ2v) is 4.10. The lowest BCUT2D eigenvalue weighted by atomic mass is 10.1. The zero-order chi connectivity index (χ0) is 10.8. The van der Waals surface area contributed by atoms with Gasteiger partial charge in [0.05, 0.1) is 11.7 Å². The number of anilines is 1. The van der Waals surface area contributed by atoms with Crippen LogP contribution in [0.5, 0.6) is 5.75 Å². The number of ether oxygens (including phenoxy) is 1. The number of rotatable bonds is 2. The third kappa shape index (κ3) is 2.07. The van der Waals surface area contributed by atoms with E-state index in [0.29, 0.717) is 6.42 Å². The lowest BCUT2D eigenvalue weighted by Crippen LogP contribution is -2.39. The highest BCUT2D eigenvalue weighted by atomic mass is 16.5. The normalized spacial score (nSPS) is 23.9. The van der Waals surface area contributed by atoms with E-state index >= 15 is 0 Å². The largest absolute Gasteiger partial charge is 0.486 e. The Morgan fingerprint density at radius 2 is 2.27 bits per heavy atom. The van der Waals surface area contributed by atoms with E-state index < -0.39 is 0 Å². The summed E-state index contributed by atoms with van der Waals surface area (Å²) in [6, 6.07) is 6.34. The molecule has 0 spiro atoms. The molecule has 0 radical (unpaired) electrons. The van der Waals surface area contributed by atoms with Crippen molar-refractivity contribution in [3.8, 4) is 5.75 Å². The van der Waals surface area contributed by atoms with Crippen molar-refractivity contribution in [3.63, 3.8) is 0 Å². The monoisotopic (exact) mass is 207 g/mol. The van der Waals surface area contributed by atoms with Crippen molar-refractivity contribution < 1.29 is 9.84 Å². The number of fused-ring (bicyclic) bond motifs is 1. The van der Waals surface area contributed by atoms with Crippen molar-refractivity contribution in [2.24, 2.45) is 0 Å². The van der Waals surface area contributed by atoms with E-state index in [0.717, 1.165) is 11.4 Å². The molecular weight excluding hydrogens is 190 g/mol. The number of aliphatic hydroxyl groups is 1. The van der Waals surface area contributed by atoms with Crippen LogP contribution in [0, 0.1) is 6.92 Å². The van der Waals surface area contributed by atoms with Crippen LogP contribution in [-0.2, 0) is 0 Å². The van der Waals surface area contributed by atoms with E-state index in [1.54, 1.807) is 0 Å². The van der Waals surface area contributed by atoms with Crippen LogP contribution in [0.3, 0.4) is 0 Å². The van der Waals surface area contributed by atoms with Gasteiger partial charge in [0.2, 0.25) is 0 Å². The number of aryl methyl sites for hydroxylation is 1. The van der Waals surface area contributed by atoms with Crippen LogP contribution in [0.4, 0.5) is 5.69 Å². The van der Waals surface area contributed by atoms with Crippen LogP contribution in [0.2, 0.25) is 0 Å². The smallest absolute Gasteiger partial charge is 0.142 e. The summed E-state index contributed by atoms with van der Waals surface area (Å²) >= 11 is 0. The van der Waals surface area contributed by atoms with Gasteiger partial charge in [-0.1, -0.05) is 6.07 Å². The SMILES string of the molecule is Cc1ccc2c(c1)NC(C)C(CCO)O2. The van der Waals surface area contributed by atoms with Crippen molar-refractivity contribution in [1.29, 1.82) is 0 Å². The number of aliphatic hydroxyl groups excluding tert-OH is 1. The highest BCUT2D eigenvalue weighted by Crippen LogP contribution is 2.32. The van der Waals surface area contributed by atoms with Gasteiger partial charge in [-0.15, -0.1) is 0 Å². The first-order valence-electron chi connectivity index (χ1n) is 5.35. The molecule has 0 saturated heterocycles. The average molecular weight is 207 g/mol. The first kappa shape index (κ1) is 10.3. The fourth-order valence-electron chi connectivity index (χ4n) is 1.90. The Balaban J connectivity index is 2.22. The Hall–Kier alpha value is -1.22. The first-order valence-corrected chi connectivity index (χ1v) is 5.35. The maximum absolute atomic E-state index is 8.92. The van der Waals surface area contributed by atoms with Gasteiger partial charge in [-0.3, -0.25) is 0 Å².